The van der Waals surface area contributed by atoms with E-state index in [-0.39, 0.29) is 5.54 Å². The maximum absolute atomic E-state index is 3.97. The van der Waals surface area contributed by atoms with Crippen molar-refractivity contribution in [1.82, 2.24) is 15.2 Å². The van der Waals surface area contributed by atoms with Crippen molar-refractivity contribution in [1.29, 1.82) is 0 Å². The van der Waals surface area contributed by atoms with E-state index in [4.69, 9.17) is 0 Å². The number of H-pyrrole nitrogens is 1. The Labute approximate surface area is 157 Å². The molecule has 1 aromatic carbocycles. The molecule has 2 aliphatic carbocycles. The fourth-order valence-corrected chi connectivity index (χ4v) is 6.60. The van der Waals surface area contributed by atoms with Gasteiger partial charge in [-0.2, -0.15) is 0 Å². The summed E-state index contributed by atoms with van der Waals surface area (Å²) in [6, 6.07) is 8.88. The molecular formula is C23H33N3. The Morgan fingerprint density at radius 1 is 1.00 bits per heavy atom. The van der Waals surface area contributed by atoms with E-state index in [1.54, 1.807) is 5.56 Å². The molecule has 0 atom stereocenters. The topological polar surface area (TPSA) is 31.1 Å². The second-order valence-corrected chi connectivity index (χ2v) is 9.26. The second-order valence-electron chi connectivity index (χ2n) is 9.26. The van der Waals surface area contributed by atoms with E-state index in [0.717, 1.165) is 18.9 Å². The third-order valence-electron chi connectivity index (χ3n) is 8.11. The van der Waals surface area contributed by atoms with Gasteiger partial charge in [0, 0.05) is 28.7 Å². The molecule has 3 nitrogen and oxygen atoms in total. The fraction of sp³-hybridized carbons (Fsp3) is 0.652. The Bertz CT molecular complexity index is 789. The van der Waals surface area contributed by atoms with E-state index >= 15 is 0 Å². The highest BCUT2D eigenvalue weighted by Gasteiger charge is 2.50. The first-order valence-corrected chi connectivity index (χ1v) is 10.7. The van der Waals surface area contributed by atoms with Crippen LogP contribution in [0.15, 0.2) is 24.3 Å². The minimum atomic E-state index is 0.171. The SMILES string of the molecule is CN(C)C1(C2CCCC2)CCC2(CC1)NCCc1c2[nH]c2ccccc12. The Hall–Kier alpha value is -1.32. The van der Waals surface area contributed by atoms with Crippen LogP contribution in [0.2, 0.25) is 0 Å². The summed E-state index contributed by atoms with van der Waals surface area (Å²) in [5.74, 6) is 0.903. The highest BCUT2D eigenvalue weighted by Crippen LogP contribution is 2.51. The van der Waals surface area contributed by atoms with Crippen molar-refractivity contribution in [2.45, 2.75) is 68.9 Å². The summed E-state index contributed by atoms with van der Waals surface area (Å²) in [7, 11) is 4.66. The molecule has 0 amide bonds. The van der Waals surface area contributed by atoms with E-state index in [1.165, 1.54) is 68.0 Å². The molecule has 2 N–H and O–H groups in total. The van der Waals surface area contributed by atoms with Crippen molar-refractivity contribution in [2.24, 2.45) is 5.92 Å². The van der Waals surface area contributed by atoms with E-state index in [9.17, 15) is 0 Å². The predicted octanol–water partition coefficient (Wildman–Crippen LogP) is 4.57. The molecule has 1 spiro atoms. The summed E-state index contributed by atoms with van der Waals surface area (Å²) in [5.41, 5.74) is 5.00. The van der Waals surface area contributed by atoms with Crippen LogP contribution in [0, 0.1) is 5.92 Å². The van der Waals surface area contributed by atoms with Gasteiger partial charge in [-0.25, -0.2) is 0 Å². The number of fused-ring (bicyclic) bond motifs is 4. The van der Waals surface area contributed by atoms with Crippen molar-refractivity contribution in [2.75, 3.05) is 20.6 Å². The number of rotatable bonds is 2. The predicted molar refractivity (Wildman–Crippen MR) is 109 cm³/mol. The lowest BCUT2D eigenvalue weighted by molar-refractivity contribution is 0.00613. The standard InChI is InChI=1S/C23H33N3/c1-26(2)23(17-7-3-4-8-17)14-12-22(13-15-23)21-19(11-16-24-22)18-9-5-6-10-20(18)25-21/h5-6,9-10,17,24-25H,3-4,7-8,11-16H2,1-2H3. The number of aromatic amines is 1. The number of aromatic nitrogens is 1. The normalized spacial score (nSPS) is 32.6. The van der Waals surface area contributed by atoms with Crippen molar-refractivity contribution >= 4 is 10.9 Å². The number of para-hydroxylation sites is 1. The van der Waals surface area contributed by atoms with Crippen molar-refractivity contribution in [3.63, 3.8) is 0 Å². The molecule has 2 heterocycles. The van der Waals surface area contributed by atoms with Crippen LogP contribution >= 0.6 is 0 Å². The molecule has 5 rings (SSSR count). The zero-order chi connectivity index (χ0) is 17.8. The number of benzene rings is 1. The highest BCUT2D eigenvalue weighted by molar-refractivity contribution is 5.85. The molecule has 2 fully saturated rings. The van der Waals surface area contributed by atoms with Gasteiger partial charge >= 0.3 is 0 Å². The van der Waals surface area contributed by atoms with Gasteiger partial charge in [0.1, 0.15) is 0 Å². The number of hydrogen-bond acceptors (Lipinski definition) is 2. The zero-order valence-electron chi connectivity index (χ0n) is 16.4. The summed E-state index contributed by atoms with van der Waals surface area (Å²) in [4.78, 5) is 6.41. The Morgan fingerprint density at radius 3 is 2.46 bits per heavy atom. The Kier molecular flexibility index (Phi) is 3.95. The quantitative estimate of drug-likeness (QED) is 0.830. The molecular weight excluding hydrogens is 318 g/mol. The van der Waals surface area contributed by atoms with Gasteiger partial charge in [-0.1, -0.05) is 31.0 Å². The van der Waals surface area contributed by atoms with Gasteiger partial charge < -0.3 is 15.2 Å². The number of hydrogen-bond donors (Lipinski definition) is 2. The molecule has 0 radical (unpaired) electrons. The zero-order valence-corrected chi connectivity index (χ0v) is 16.4. The van der Waals surface area contributed by atoms with E-state index in [1.807, 2.05) is 0 Å². The van der Waals surface area contributed by atoms with Gasteiger partial charge in [0.15, 0.2) is 0 Å². The van der Waals surface area contributed by atoms with Crippen LogP contribution in [0.1, 0.15) is 62.6 Å². The molecule has 3 aliphatic rings. The van der Waals surface area contributed by atoms with Crippen molar-refractivity contribution < 1.29 is 0 Å². The van der Waals surface area contributed by atoms with Gasteiger partial charge in [-0.15, -0.1) is 0 Å². The molecule has 2 aromatic rings. The molecule has 0 saturated heterocycles. The molecule has 26 heavy (non-hydrogen) atoms. The third-order valence-corrected chi connectivity index (χ3v) is 8.11. The van der Waals surface area contributed by atoms with Gasteiger partial charge in [-0.05, 0) is 76.6 Å². The summed E-state index contributed by atoms with van der Waals surface area (Å²) >= 11 is 0. The van der Waals surface area contributed by atoms with Crippen LogP contribution in [0.5, 0.6) is 0 Å². The molecule has 140 valence electrons. The first-order chi connectivity index (χ1) is 12.6. The minimum Gasteiger partial charge on any atom is -0.357 e. The average Bonchev–Trinajstić information content (AvgIpc) is 3.31. The molecule has 1 aromatic heterocycles. The summed E-state index contributed by atoms with van der Waals surface area (Å²) in [5, 5.41) is 5.42. The molecule has 0 unspecified atom stereocenters. The third kappa shape index (κ3) is 2.33. The van der Waals surface area contributed by atoms with E-state index in [2.05, 4.69) is 53.6 Å². The summed E-state index contributed by atoms with van der Waals surface area (Å²) in [6.45, 7) is 1.12. The largest absolute Gasteiger partial charge is 0.357 e. The lowest BCUT2D eigenvalue weighted by atomic mass is 9.63. The first-order valence-electron chi connectivity index (χ1n) is 10.7. The smallest absolute Gasteiger partial charge is 0.0591 e. The van der Waals surface area contributed by atoms with Gasteiger partial charge in [0.05, 0.1) is 5.54 Å². The minimum absolute atomic E-state index is 0.171. The van der Waals surface area contributed by atoms with Crippen LogP contribution in [-0.2, 0) is 12.0 Å². The average molecular weight is 352 g/mol. The molecule has 0 bridgehead atoms. The van der Waals surface area contributed by atoms with Crippen LogP contribution in [0.3, 0.4) is 0 Å². The van der Waals surface area contributed by atoms with Crippen LogP contribution < -0.4 is 5.32 Å². The Balaban J connectivity index is 1.50. The monoisotopic (exact) mass is 351 g/mol. The highest BCUT2D eigenvalue weighted by atomic mass is 15.2. The van der Waals surface area contributed by atoms with E-state index < -0.39 is 0 Å². The number of nitrogens with one attached hydrogen (secondary N) is 2. The van der Waals surface area contributed by atoms with Crippen LogP contribution in [0.4, 0.5) is 0 Å². The maximum atomic E-state index is 3.97. The summed E-state index contributed by atoms with van der Waals surface area (Å²) in [6.07, 6.45) is 12.1. The molecule has 2 saturated carbocycles. The lowest BCUT2D eigenvalue weighted by Gasteiger charge is -2.54. The molecule has 1 aliphatic heterocycles. The molecule has 3 heteroatoms. The lowest BCUT2D eigenvalue weighted by Crippen LogP contribution is -2.58. The maximum Gasteiger partial charge on any atom is 0.0591 e. The van der Waals surface area contributed by atoms with Gasteiger partial charge in [0.2, 0.25) is 0 Å². The summed E-state index contributed by atoms with van der Waals surface area (Å²) < 4.78 is 0. The van der Waals surface area contributed by atoms with Crippen LogP contribution in [-0.4, -0.2) is 36.1 Å². The van der Waals surface area contributed by atoms with Gasteiger partial charge in [-0.3, -0.25) is 0 Å². The van der Waals surface area contributed by atoms with E-state index in [0.29, 0.717) is 5.54 Å². The van der Waals surface area contributed by atoms with Crippen LogP contribution in [0.25, 0.3) is 10.9 Å². The first kappa shape index (κ1) is 16.8. The number of nitrogens with zero attached hydrogens (tertiary/aromatic N) is 1. The fourth-order valence-electron chi connectivity index (χ4n) is 6.60. The second kappa shape index (κ2) is 6.10. The Morgan fingerprint density at radius 2 is 1.73 bits per heavy atom. The van der Waals surface area contributed by atoms with Crippen molar-refractivity contribution in [3.8, 4) is 0 Å². The van der Waals surface area contributed by atoms with Crippen molar-refractivity contribution in [3.05, 3.63) is 35.5 Å². The van der Waals surface area contributed by atoms with Gasteiger partial charge in [0.25, 0.3) is 0 Å².